The Bertz CT molecular complexity index is 1150. The first-order valence-corrected chi connectivity index (χ1v) is 10.8. The van der Waals surface area contributed by atoms with Gasteiger partial charge in [0.1, 0.15) is 17.3 Å². The number of rotatable bonds is 7. The number of sulfonamides is 1. The summed E-state index contributed by atoms with van der Waals surface area (Å²) in [7, 11) is -1.02. The first kappa shape index (κ1) is 21.6. The third kappa shape index (κ3) is 4.26. The van der Waals surface area contributed by atoms with Crippen molar-refractivity contribution in [2.75, 3.05) is 18.5 Å². The van der Waals surface area contributed by atoms with Gasteiger partial charge in [-0.1, -0.05) is 24.3 Å². The molecule has 1 atom stereocenters. The van der Waals surface area contributed by atoms with Gasteiger partial charge in [0.25, 0.3) is 10.0 Å². The maximum absolute atomic E-state index is 14.2. The fraction of sp³-hybridized carbons (Fsp3) is 0.217. The highest BCUT2D eigenvalue weighted by molar-refractivity contribution is 7.92. The van der Waals surface area contributed by atoms with E-state index in [9.17, 15) is 12.8 Å². The van der Waals surface area contributed by atoms with E-state index in [1.165, 1.54) is 23.5 Å². The monoisotopic (exact) mass is 429 g/mol. The molecular formula is C23H24FNO4S. The molecule has 0 bridgehead atoms. The molecule has 0 unspecified atom stereocenters. The van der Waals surface area contributed by atoms with Gasteiger partial charge in [0, 0.05) is 6.07 Å². The predicted molar refractivity (Wildman–Crippen MR) is 115 cm³/mol. The van der Waals surface area contributed by atoms with Gasteiger partial charge in [-0.3, -0.25) is 4.31 Å². The quantitative estimate of drug-likeness (QED) is 0.524. The highest BCUT2D eigenvalue weighted by Crippen LogP contribution is 2.36. The van der Waals surface area contributed by atoms with E-state index in [1.54, 1.807) is 63.4 Å². The van der Waals surface area contributed by atoms with Crippen LogP contribution in [0.15, 0.2) is 71.6 Å². The molecule has 0 N–H and O–H groups in total. The van der Waals surface area contributed by atoms with Crippen molar-refractivity contribution in [3.05, 3.63) is 83.7 Å². The molecule has 30 heavy (non-hydrogen) atoms. The largest absolute Gasteiger partial charge is 0.497 e. The number of halogens is 1. The van der Waals surface area contributed by atoms with E-state index in [4.69, 9.17) is 9.47 Å². The molecule has 7 heteroatoms. The Labute approximate surface area is 176 Å². The molecule has 3 aromatic rings. The Balaban J connectivity index is 2.19. The number of aryl methyl sites for hydroxylation is 1. The second-order valence-corrected chi connectivity index (χ2v) is 8.68. The molecule has 0 aliphatic carbocycles. The molecule has 5 nitrogen and oxygen atoms in total. The zero-order valence-electron chi connectivity index (χ0n) is 17.3. The van der Waals surface area contributed by atoms with Gasteiger partial charge < -0.3 is 9.47 Å². The van der Waals surface area contributed by atoms with Crippen molar-refractivity contribution >= 4 is 15.7 Å². The maximum atomic E-state index is 14.2. The minimum absolute atomic E-state index is 0.122. The van der Waals surface area contributed by atoms with E-state index in [0.717, 1.165) is 11.6 Å². The lowest BCUT2D eigenvalue weighted by Gasteiger charge is -2.31. The van der Waals surface area contributed by atoms with Crippen LogP contribution in [0.4, 0.5) is 10.1 Å². The predicted octanol–water partition coefficient (Wildman–Crippen LogP) is 5.11. The van der Waals surface area contributed by atoms with Crippen LogP contribution >= 0.6 is 0 Å². The average molecular weight is 430 g/mol. The summed E-state index contributed by atoms with van der Waals surface area (Å²) < 4.78 is 53.3. The van der Waals surface area contributed by atoms with E-state index >= 15 is 0 Å². The zero-order valence-corrected chi connectivity index (χ0v) is 18.1. The molecule has 0 aromatic heterocycles. The van der Waals surface area contributed by atoms with Crippen molar-refractivity contribution in [1.29, 1.82) is 0 Å². The second kappa shape index (κ2) is 8.75. The number of ether oxygens (including phenoxy) is 2. The fourth-order valence-electron chi connectivity index (χ4n) is 3.20. The standard InChI is InChI=1S/C23H24FNO4S/c1-16-11-12-22(15-23(16)24)30(26,27)25(19-8-6-10-21(14-19)29-4)17(2)18-7-5-9-20(13-18)28-3/h5-15,17H,1-4H3/t17-/m1/s1. The van der Waals surface area contributed by atoms with Gasteiger partial charge in [-0.25, -0.2) is 12.8 Å². The summed E-state index contributed by atoms with van der Waals surface area (Å²) in [5, 5.41) is 0. The number of anilines is 1. The Morgan fingerprint density at radius 1 is 0.900 bits per heavy atom. The molecule has 0 spiro atoms. The topological polar surface area (TPSA) is 55.8 Å². The Kier molecular flexibility index (Phi) is 6.31. The van der Waals surface area contributed by atoms with Crippen LogP contribution in [0.1, 0.15) is 24.1 Å². The van der Waals surface area contributed by atoms with Crippen molar-refractivity contribution in [2.45, 2.75) is 24.8 Å². The van der Waals surface area contributed by atoms with Gasteiger partial charge in [-0.2, -0.15) is 0 Å². The molecule has 0 fully saturated rings. The summed E-state index contributed by atoms with van der Waals surface area (Å²) in [5.41, 5.74) is 1.52. The second-order valence-electron chi connectivity index (χ2n) is 6.87. The number of benzene rings is 3. The van der Waals surface area contributed by atoms with Crippen LogP contribution in [0.3, 0.4) is 0 Å². The summed E-state index contributed by atoms with van der Waals surface area (Å²) in [5.74, 6) is 0.556. The molecule has 0 heterocycles. The third-order valence-corrected chi connectivity index (χ3v) is 6.83. The van der Waals surface area contributed by atoms with E-state index in [1.807, 2.05) is 6.07 Å². The normalized spacial score (nSPS) is 12.3. The average Bonchev–Trinajstić information content (AvgIpc) is 2.75. The molecule has 0 aliphatic heterocycles. The van der Waals surface area contributed by atoms with Crippen molar-refractivity contribution in [3.8, 4) is 11.5 Å². The van der Waals surface area contributed by atoms with Gasteiger partial charge >= 0.3 is 0 Å². The molecular weight excluding hydrogens is 405 g/mol. The van der Waals surface area contributed by atoms with Crippen molar-refractivity contribution in [1.82, 2.24) is 0 Å². The first-order chi connectivity index (χ1) is 14.3. The summed E-state index contributed by atoms with van der Waals surface area (Å²) >= 11 is 0. The van der Waals surface area contributed by atoms with Crippen LogP contribution in [0.2, 0.25) is 0 Å². The molecule has 3 rings (SSSR count). The van der Waals surface area contributed by atoms with Gasteiger partial charge in [0.05, 0.1) is 30.8 Å². The maximum Gasteiger partial charge on any atom is 0.264 e. The highest BCUT2D eigenvalue weighted by atomic mass is 32.2. The molecule has 0 radical (unpaired) electrons. The van der Waals surface area contributed by atoms with Crippen LogP contribution in [0.5, 0.6) is 11.5 Å². The molecule has 0 saturated carbocycles. The van der Waals surface area contributed by atoms with E-state index in [0.29, 0.717) is 22.7 Å². The van der Waals surface area contributed by atoms with E-state index < -0.39 is 21.9 Å². The lowest BCUT2D eigenvalue weighted by atomic mass is 10.1. The lowest BCUT2D eigenvalue weighted by molar-refractivity contribution is 0.413. The van der Waals surface area contributed by atoms with Gasteiger partial charge in [0.15, 0.2) is 0 Å². The molecule has 0 saturated heterocycles. The van der Waals surface area contributed by atoms with Gasteiger partial charge in [0.2, 0.25) is 0 Å². The Hall–Kier alpha value is -3.06. The highest BCUT2D eigenvalue weighted by Gasteiger charge is 2.31. The van der Waals surface area contributed by atoms with E-state index in [-0.39, 0.29) is 4.90 Å². The minimum atomic E-state index is -4.09. The van der Waals surface area contributed by atoms with Crippen LogP contribution < -0.4 is 13.8 Å². The SMILES string of the molecule is COc1cccc([C@@H](C)N(c2cccc(OC)c2)S(=O)(=O)c2ccc(C)c(F)c2)c1. The van der Waals surface area contributed by atoms with Crippen molar-refractivity contribution in [3.63, 3.8) is 0 Å². The minimum Gasteiger partial charge on any atom is -0.497 e. The van der Waals surface area contributed by atoms with Crippen molar-refractivity contribution in [2.24, 2.45) is 0 Å². The summed E-state index contributed by atoms with van der Waals surface area (Å²) in [6.45, 7) is 3.36. The molecule has 0 aliphatic rings. The first-order valence-electron chi connectivity index (χ1n) is 9.36. The van der Waals surface area contributed by atoms with Crippen LogP contribution in [-0.2, 0) is 10.0 Å². The Morgan fingerprint density at radius 2 is 1.53 bits per heavy atom. The fourth-order valence-corrected chi connectivity index (χ4v) is 4.85. The summed E-state index contributed by atoms with van der Waals surface area (Å²) in [4.78, 5) is -0.122. The zero-order chi connectivity index (χ0) is 21.9. The smallest absolute Gasteiger partial charge is 0.264 e. The number of hydrogen-bond donors (Lipinski definition) is 0. The summed E-state index contributed by atoms with van der Waals surface area (Å²) in [6.07, 6.45) is 0. The van der Waals surface area contributed by atoms with Crippen LogP contribution in [-0.4, -0.2) is 22.6 Å². The van der Waals surface area contributed by atoms with Crippen LogP contribution in [0, 0.1) is 12.7 Å². The lowest BCUT2D eigenvalue weighted by Crippen LogP contribution is -2.33. The molecule has 3 aromatic carbocycles. The van der Waals surface area contributed by atoms with E-state index in [2.05, 4.69) is 0 Å². The van der Waals surface area contributed by atoms with Gasteiger partial charge in [-0.05, 0) is 61.4 Å². The summed E-state index contributed by atoms with van der Waals surface area (Å²) in [6, 6.07) is 17.3. The molecule has 158 valence electrons. The third-order valence-electron chi connectivity index (χ3n) is 4.94. The van der Waals surface area contributed by atoms with Crippen molar-refractivity contribution < 1.29 is 22.3 Å². The number of methoxy groups -OCH3 is 2. The van der Waals surface area contributed by atoms with Crippen LogP contribution in [0.25, 0.3) is 0 Å². The number of nitrogens with zero attached hydrogens (tertiary/aromatic N) is 1. The number of hydrogen-bond acceptors (Lipinski definition) is 4. The Morgan fingerprint density at radius 3 is 2.17 bits per heavy atom. The molecule has 0 amide bonds. The van der Waals surface area contributed by atoms with Gasteiger partial charge in [-0.15, -0.1) is 0 Å².